The van der Waals surface area contributed by atoms with Gasteiger partial charge in [0.1, 0.15) is 11.3 Å². The van der Waals surface area contributed by atoms with Gasteiger partial charge in [-0.1, -0.05) is 26.2 Å². The topological polar surface area (TPSA) is 110 Å². The minimum atomic E-state index is -4.78. The van der Waals surface area contributed by atoms with Gasteiger partial charge in [0.05, 0.1) is 30.2 Å². The van der Waals surface area contributed by atoms with Crippen LogP contribution in [0.15, 0.2) is 42.9 Å². The van der Waals surface area contributed by atoms with E-state index in [1.54, 1.807) is 4.90 Å². The summed E-state index contributed by atoms with van der Waals surface area (Å²) in [6, 6.07) is 4.82. The number of amides is 1. The molecule has 2 aliphatic rings. The van der Waals surface area contributed by atoms with Gasteiger partial charge in [-0.05, 0) is 74.3 Å². The van der Waals surface area contributed by atoms with Crippen molar-refractivity contribution in [3.8, 4) is 11.6 Å². The Morgan fingerprint density at radius 1 is 1.02 bits per heavy atom. The molecular formula is C30H34F3N5O4. The van der Waals surface area contributed by atoms with Gasteiger partial charge >= 0.3 is 12.1 Å². The van der Waals surface area contributed by atoms with Gasteiger partial charge in [0, 0.05) is 18.2 Å². The number of hydrogen-bond donors (Lipinski definition) is 1. The molecule has 1 N–H and O–H groups in total. The van der Waals surface area contributed by atoms with Crippen LogP contribution >= 0.6 is 0 Å². The summed E-state index contributed by atoms with van der Waals surface area (Å²) in [5, 5.41) is 18.0. The Balaban J connectivity index is 1.47. The molecule has 224 valence electrons. The first-order valence-corrected chi connectivity index (χ1v) is 14.4. The molecule has 1 aromatic carbocycles. The van der Waals surface area contributed by atoms with Crippen LogP contribution in [-0.4, -0.2) is 43.0 Å². The maximum atomic E-state index is 14.0. The molecule has 5 rings (SSSR count). The summed E-state index contributed by atoms with van der Waals surface area (Å²) in [6.07, 6.45) is 7.16. The largest absolute Gasteiger partial charge is 0.478 e. The maximum absolute atomic E-state index is 14.0. The summed E-state index contributed by atoms with van der Waals surface area (Å²) < 4.78 is 47.5. The third-order valence-corrected chi connectivity index (χ3v) is 8.22. The molecule has 2 heterocycles. The highest BCUT2D eigenvalue weighted by Crippen LogP contribution is 2.40. The summed E-state index contributed by atoms with van der Waals surface area (Å²) >= 11 is 0. The first kappa shape index (κ1) is 29.5. The number of hydrogen-bond acceptors (Lipinski definition) is 6. The molecule has 2 fully saturated rings. The molecule has 2 aliphatic carbocycles. The number of alkyl halides is 3. The van der Waals surface area contributed by atoms with Crippen molar-refractivity contribution in [1.29, 1.82) is 0 Å². The van der Waals surface area contributed by atoms with Crippen molar-refractivity contribution in [1.82, 2.24) is 20.0 Å². The van der Waals surface area contributed by atoms with Gasteiger partial charge in [-0.3, -0.25) is 4.79 Å². The predicted octanol–water partition coefficient (Wildman–Crippen LogP) is 6.72. The number of aromatic nitrogens is 4. The fraction of sp³-hybridized carbons (Fsp3) is 0.500. The average Bonchev–Trinajstić information content (AvgIpc) is 3.48. The summed E-state index contributed by atoms with van der Waals surface area (Å²) in [5.74, 6) is -1.84. The first-order chi connectivity index (χ1) is 20.1. The van der Waals surface area contributed by atoms with Gasteiger partial charge in [-0.15, -0.1) is 0 Å². The summed E-state index contributed by atoms with van der Waals surface area (Å²) in [5.41, 5.74) is -0.855. The SMILES string of the molecule is CC1CCC(C(=O)N(c2ccc(Oc3ncc(Cn4nccn4)cc3C(F)(F)F)cc2C(=O)O)C2CCCCC2)CC1. The van der Waals surface area contributed by atoms with Crippen LogP contribution in [0.25, 0.3) is 0 Å². The molecule has 0 radical (unpaired) electrons. The average molecular weight is 586 g/mol. The van der Waals surface area contributed by atoms with E-state index in [0.717, 1.165) is 63.9 Å². The van der Waals surface area contributed by atoms with Crippen molar-refractivity contribution in [3.63, 3.8) is 0 Å². The van der Waals surface area contributed by atoms with Crippen molar-refractivity contribution < 1.29 is 32.6 Å². The van der Waals surface area contributed by atoms with Crippen LogP contribution in [0.5, 0.6) is 11.6 Å². The fourth-order valence-electron chi connectivity index (χ4n) is 5.96. The Kier molecular flexibility index (Phi) is 8.79. The van der Waals surface area contributed by atoms with E-state index in [1.165, 1.54) is 41.6 Å². The second-order valence-electron chi connectivity index (χ2n) is 11.3. The number of carboxylic acid groups (broad SMARTS) is 1. The van der Waals surface area contributed by atoms with Gasteiger partial charge in [-0.2, -0.15) is 28.2 Å². The van der Waals surface area contributed by atoms with E-state index in [4.69, 9.17) is 4.74 Å². The molecule has 0 aliphatic heterocycles. The van der Waals surface area contributed by atoms with Crippen molar-refractivity contribution in [2.75, 3.05) is 4.90 Å². The van der Waals surface area contributed by atoms with Crippen molar-refractivity contribution in [3.05, 3.63) is 59.5 Å². The number of aromatic carboxylic acids is 1. The smallest absolute Gasteiger partial charge is 0.421 e. The van der Waals surface area contributed by atoms with Crippen molar-refractivity contribution in [2.45, 2.75) is 83.5 Å². The van der Waals surface area contributed by atoms with E-state index in [2.05, 4.69) is 22.1 Å². The third kappa shape index (κ3) is 6.74. The van der Waals surface area contributed by atoms with Gasteiger partial charge in [0.15, 0.2) is 0 Å². The molecule has 0 unspecified atom stereocenters. The van der Waals surface area contributed by atoms with E-state index in [0.29, 0.717) is 5.92 Å². The maximum Gasteiger partial charge on any atom is 0.421 e. The van der Waals surface area contributed by atoms with Gasteiger partial charge in [-0.25, -0.2) is 9.78 Å². The number of benzene rings is 1. The van der Waals surface area contributed by atoms with E-state index in [9.17, 15) is 27.9 Å². The van der Waals surface area contributed by atoms with Crippen molar-refractivity contribution in [2.24, 2.45) is 11.8 Å². The summed E-state index contributed by atoms with van der Waals surface area (Å²) in [6.45, 7) is 2.15. The van der Waals surface area contributed by atoms with E-state index in [1.807, 2.05) is 0 Å². The van der Waals surface area contributed by atoms with Crippen LogP contribution in [0.4, 0.5) is 18.9 Å². The highest BCUT2D eigenvalue weighted by Gasteiger charge is 2.37. The lowest BCUT2D eigenvalue weighted by Crippen LogP contribution is -2.46. The van der Waals surface area contributed by atoms with Crippen LogP contribution in [0, 0.1) is 11.8 Å². The lowest BCUT2D eigenvalue weighted by Gasteiger charge is -2.38. The Hall–Kier alpha value is -3.96. The van der Waals surface area contributed by atoms with Gasteiger partial charge < -0.3 is 14.7 Å². The molecule has 3 aromatic rings. The molecule has 42 heavy (non-hydrogen) atoms. The second kappa shape index (κ2) is 12.5. The first-order valence-electron chi connectivity index (χ1n) is 14.4. The van der Waals surface area contributed by atoms with Crippen LogP contribution in [0.2, 0.25) is 0 Å². The Morgan fingerprint density at radius 2 is 1.71 bits per heavy atom. The van der Waals surface area contributed by atoms with Crippen LogP contribution in [0.1, 0.15) is 86.2 Å². The molecule has 0 saturated heterocycles. The highest BCUT2D eigenvalue weighted by atomic mass is 19.4. The number of carbonyl (C=O) groups is 2. The number of halogens is 3. The quantitative estimate of drug-likeness (QED) is 0.312. The summed E-state index contributed by atoms with van der Waals surface area (Å²) in [4.78, 5) is 33.2. The lowest BCUT2D eigenvalue weighted by atomic mass is 9.81. The van der Waals surface area contributed by atoms with Gasteiger partial charge in [0.25, 0.3) is 0 Å². The van der Waals surface area contributed by atoms with E-state index >= 15 is 0 Å². The third-order valence-electron chi connectivity index (χ3n) is 8.22. The minimum Gasteiger partial charge on any atom is -0.478 e. The van der Waals surface area contributed by atoms with Crippen LogP contribution in [0.3, 0.4) is 0 Å². The lowest BCUT2D eigenvalue weighted by molar-refractivity contribution is -0.139. The standard InChI is InChI=1S/C30H34F3N5O4/c1-19-7-9-21(10-8-19)28(39)38(22-5-3-2-4-6-22)26-12-11-23(16-24(26)29(40)41)42-27-25(30(31,32)33)15-20(17-34-27)18-37-35-13-14-36-37/h11-17,19,21-22H,2-10,18H2,1H3,(H,40,41). The Bertz CT molecular complexity index is 1400. The molecule has 9 nitrogen and oxygen atoms in total. The zero-order valence-electron chi connectivity index (χ0n) is 23.4. The zero-order chi connectivity index (χ0) is 29.9. The van der Waals surface area contributed by atoms with E-state index in [-0.39, 0.29) is 47.0 Å². The Labute approximate surface area is 241 Å². The number of ether oxygens (including phenoxy) is 1. The fourth-order valence-corrected chi connectivity index (χ4v) is 5.96. The number of rotatable bonds is 8. The van der Waals surface area contributed by atoms with Crippen LogP contribution < -0.4 is 9.64 Å². The zero-order valence-corrected chi connectivity index (χ0v) is 23.4. The monoisotopic (exact) mass is 585 g/mol. The second-order valence-corrected chi connectivity index (χ2v) is 11.3. The van der Waals surface area contributed by atoms with E-state index < -0.39 is 23.6 Å². The van der Waals surface area contributed by atoms with Crippen LogP contribution in [-0.2, 0) is 17.5 Å². The molecule has 0 spiro atoms. The molecule has 1 amide bonds. The van der Waals surface area contributed by atoms with Crippen molar-refractivity contribution >= 4 is 17.6 Å². The predicted molar refractivity (Wildman–Crippen MR) is 147 cm³/mol. The normalized spacial score (nSPS) is 19.8. The van der Waals surface area contributed by atoms with Gasteiger partial charge in [0.2, 0.25) is 11.8 Å². The number of carboxylic acids is 1. The number of pyridine rings is 1. The minimum absolute atomic E-state index is 0.0217. The molecule has 0 bridgehead atoms. The number of anilines is 1. The highest BCUT2D eigenvalue weighted by molar-refractivity contribution is 6.03. The molecule has 2 saturated carbocycles. The molecule has 0 atom stereocenters. The molecule has 2 aromatic heterocycles. The summed E-state index contributed by atoms with van der Waals surface area (Å²) in [7, 11) is 0. The number of nitrogens with zero attached hydrogens (tertiary/aromatic N) is 5. The molecule has 12 heteroatoms. The molecular weight excluding hydrogens is 551 g/mol. The number of carbonyl (C=O) groups excluding carboxylic acids is 1. The Morgan fingerprint density at radius 3 is 2.36 bits per heavy atom.